The quantitative estimate of drug-likeness (QED) is 0.334. The average Bonchev–Trinajstić information content (AvgIpc) is 2.86. The van der Waals surface area contributed by atoms with Crippen LogP contribution in [0.5, 0.6) is 0 Å². The zero-order valence-corrected chi connectivity index (χ0v) is 34.3. The van der Waals surface area contributed by atoms with E-state index in [1.54, 1.807) is 0 Å². The number of anilines is 2. The number of hydrogen-bond acceptors (Lipinski definition) is 3. The molecule has 3 nitrogen and oxygen atoms in total. The maximum Gasteiger partial charge on any atom is 0.0403 e. The Hall–Kier alpha value is -2.00. The lowest BCUT2D eigenvalue weighted by Gasteiger charge is -2.36. The number of hydrogen-bond donors (Lipinski definition) is 0. The van der Waals surface area contributed by atoms with Crippen LogP contribution in [0.25, 0.3) is 0 Å². The molecule has 0 aliphatic heterocycles. The summed E-state index contributed by atoms with van der Waals surface area (Å²) in [4.78, 5) is 6.88. The van der Waals surface area contributed by atoms with Gasteiger partial charge < -0.3 is 14.7 Å². The van der Waals surface area contributed by atoms with Crippen molar-refractivity contribution in [1.82, 2.24) is 4.90 Å². The molecule has 0 N–H and O–H groups in total. The van der Waals surface area contributed by atoms with Gasteiger partial charge in [0.15, 0.2) is 0 Å². The van der Waals surface area contributed by atoms with Gasteiger partial charge in [-0.1, -0.05) is 34.1 Å². The Bertz CT molecular complexity index is 1120. The van der Waals surface area contributed by atoms with Crippen LogP contribution in [0.3, 0.4) is 0 Å². The fourth-order valence-corrected chi connectivity index (χ4v) is 3.49. The monoisotopic (exact) mass is 612 g/mol. The van der Waals surface area contributed by atoms with E-state index in [1.807, 2.05) is 0 Å². The maximum atomic E-state index is 2.36. The molecule has 0 atom stereocenters. The molecule has 0 spiro atoms. The van der Waals surface area contributed by atoms with E-state index >= 15 is 0 Å². The van der Waals surface area contributed by atoms with Crippen molar-refractivity contribution in [2.24, 2.45) is 5.41 Å². The molecule has 0 aromatic heterocycles. The van der Waals surface area contributed by atoms with Gasteiger partial charge in [-0.2, -0.15) is 0 Å². The fraction of sp³-hybridized carbons (Fsp3) is 0.707. The van der Waals surface area contributed by atoms with Crippen LogP contribution in [0.4, 0.5) is 11.4 Å². The molecule has 3 heteroatoms. The number of benzene rings is 2. The largest absolute Gasteiger partial charge is 0.370 e. The van der Waals surface area contributed by atoms with Gasteiger partial charge in [-0.3, -0.25) is 0 Å². The Balaban J connectivity index is 0. The Labute approximate surface area is 277 Å². The minimum Gasteiger partial charge on any atom is -0.370 e. The van der Waals surface area contributed by atoms with E-state index in [0.717, 1.165) is 0 Å². The smallest absolute Gasteiger partial charge is 0.0403 e. The third kappa shape index (κ3) is 15.3. The summed E-state index contributed by atoms with van der Waals surface area (Å²) in [6.45, 7) is 44.3. The molecule has 44 heavy (non-hydrogen) atoms. The van der Waals surface area contributed by atoms with E-state index in [-0.39, 0.29) is 11.1 Å². The van der Waals surface area contributed by atoms with Gasteiger partial charge >= 0.3 is 0 Å². The first-order valence-electron chi connectivity index (χ1n) is 16.7. The lowest BCUT2D eigenvalue weighted by atomic mass is 9.94. The summed E-state index contributed by atoms with van der Waals surface area (Å²) in [6.07, 6.45) is 1.27. The Morgan fingerprint density at radius 2 is 0.773 bits per heavy atom. The van der Waals surface area contributed by atoms with Crippen LogP contribution in [0.15, 0.2) is 18.2 Å². The molecule has 0 amide bonds. The summed E-state index contributed by atoms with van der Waals surface area (Å²) in [7, 11) is 8.50. The summed E-state index contributed by atoms with van der Waals surface area (Å²) >= 11 is 0. The topological polar surface area (TPSA) is 9.72 Å². The molecule has 256 valence electrons. The van der Waals surface area contributed by atoms with Crippen LogP contribution in [-0.4, -0.2) is 49.7 Å². The minimum atomic E-state index is 0.166. The highest BCUT2D eigenvalue weighted by molar-refractivity contribution is 5.61. The van der Waals surface area contributed by atoms with Crippen molar-refractivity contribution in [3.8, 4) is 0 Å². The van der Waals surface area contributed by atoms with Crippen molar-refractivity contribution in [3.63, 3.8) is 0 Å². The van der Waals surface area contributed by atoms with Crippen molar-refractivity contribution >= 4 is 11.4 Å². The van der Waals surface area contributed by atoms with Gasteiger partial charge in [0.05, 0.1) is 0 Å². The first kappa shape index (κ1) is 44.1. The van der Waals surface area contributed by atoms with Gasteiger partial charge in [0, 0.05) is 42.1 Å². The molecule has 0 unspecified atom stereocenters. The SMILES string of the molecule is CCC(C)(C)C.CN(C)C(C)(C)C.Cc1cc(N(C)C(C)(C)C)c(C)c(C)c1C.Cc1cc(N(C)C(C)(C)C)cc(C)c1C. The normalized spacial score (nSPS) is 11.9. The highest BCUT2D eigenvalue weighted by Crippen LogP contribution is 2.31. The molecular weight excluding hydrogens is 534 g/mol. The molecule has 0 radical (unpaired) electrons. The zero-order valence-electron chi connectivity index (χ0n) is 34.3. The molecular formula is C41H77N3. The van der Waals surface area contributed by atoms with Gasteiger partial charge in [-0.05, 0) is 187 Å². The molecule has 0 saturated carbocycles. The zero-order chi connectivity index (χ0) is 35.8. The first-order valence-corrected chi connectivity index (χ1v) is 16.7. The van der Waals surface area contributed by atoms with Crippen molar-refractivity contribution in [1.29, 1.82) is 0 Å². The Morgan fingerprint density at radius 3 is 1.05 bits per heavy atom. The summed E-state index contributed by atoms with van der Waals surface area (Å²) in [5, 5.41) is 0. The minimum absolute atomic E-state index is 0.166. The van der Waals surface area contributed by atoms with E-state index in [9.17, 15) is 0 Å². The van der Waals surface area contributed by atoms with Gasteiger partial charge in [0.1, 0.15) is 0 Å². The summed E-state index contributed by atoms with van der Waals surface area (Å²) < 4.78 is 0. The molecule has 0 saturated heterocycles. The van der Waals surface area contributed by atoms with Crippen LogP contribution in [0.1, 0.15) is 135 Å². The fourth-order valence-electron chi connectivity index (χ4n) is 3.49. The summed E-state index contributed by atoms with van der Waals surface area (Å²) in [6, 6.07) is 6.85. The Kier molecular flexibility index (Phi) is 17.1. The van der Waals surface area contributed by atoms with Gasteiger partial charge in [0.25, 0.3) is 0 Å². The average molecular weight is 612 g/mol. The Morgan fingerprint density at radius 1 is 0.455 bits per heavy atom. The molecule has 0 aliphatic rings. The highest BCUT2D eigenvalue weighted by Gasteiger charge is 2.21. The second kappa shape index (κ2) is 17.1. The third-order valence-corrected chi connectivity index (χ3v) is 9.53. The van der Waals surface area contributed by atoms with E-state index in [4.69, 9.17) is 0 Å². The lowest BCUT2D eigenvalue weighted by molar-refractivity contribution is 0.219. The summed E-state index contributed by atoms with van der Waals surface area (Å²) in [5.74, 6) is 0. The van der Waals surface area contributed by atoms with Gasteiger partial charge in [0.2, 0.25) is 0 Å². The van der Waals surface area contributed by atoms with Crippen LogP contribution >= 0.6 is 0 Å². The van der Waals surface area contributed by atoms with E-state index in [2.05, 4.69) is 200 Å². The molecule has 2 rings (SSSR count). The highest BCUT2D eigenvalue weighted by atomic mass is 15.2. The number of nitrogens with zero attached hydrogens (tertiary/aromatic N) is 3. The second-order valence-electron chi connectivity index (χ2n) is 17.2. The molecule has 2 aromatic carbocycles. The third-order valence-electron chi connectivity index (χ3n) is 9.53. The number of aryl methyl sites for hydroxylation is 3. The van der Waals surface area contributed by atoms with Crippen LogP contribution in [-0.2, 0) is 0 Å². The van der Waals surface area contributed by atoms with E-state index in [1.165, 1.54) is 56.7 Å². The van der Waals surface area contributed by atoms with E-state index < -0.39 is 0 Å². The van der Waals surface area contributed by atoms with E-state index in [0.29, 0.717) is 11.0 Å². The first-order chi connectivity index (χ1) is 19.4. The summed E-state index contributed by atoms with van der Waals surface area (Å²) in [5.41, 5.74) is 13.7. The van der Waals surface area contributed by atoms with Crippen molar-refractivity contribution in [2.75, 3.05) is 38.0 Å². The second-order valence-corrected chi connectivity index (χ2v) is 17.2. The van der Waals surface area contributed by atoms with Crippen LogP contribution < -0.4 is 9.80 Å². The predicted octanol–water partition coefficient (Wildman–Crippen LogP) is 11.8. The van der Waals surface area contributed by atoms with Crippen LogP contribution in [0.2, 0.25) is 0 Å². The van der Waals surface area contributed by atoms with Gasteiger partial charge in [-0.25, -0.2) is 0 Å². The van der Waals surface area contributed by atoms with Crippen molar-refractivity contribution in [2.45, 2.75) is 162 Å². The lowest BCUT2D eigenvalue weighted by Crippen LogP contribution is -2.38. The maximum absolute atomic E-state index is 2.36. The van der Waals surface area contributed by atoms with Crippen molar-refractivity contribution < 1.29 is 0 Å². The molecule has 0 heterocycles. The molecule has 0 aliphatic carbocycles. The predicted molar refractivity (Wildman–Crippen MR) is 206 cm³/mol. The molecule has 0 bridgehead atoms. The van der Waals surface area contributed by atoms with Crippen LogP contribution in [0, 0.1) is 53.9 Å². The van der Waals surface area contributed by atoms with Crippen molar-refractivity contribution in [3.05, 3.63) is 57.1 Å². The standard InChI is InChI=1S/C15H25N.C14H23N.C6H15N.C6H14/c1-10-9-14(16(8)15(5,6)7)13(4)12(3)11(10)2;1-10-8-13(9-11(2)12(10)3)15(7)14(4,5)6;1-6(2,3)7(4)5;1-5-6(2,3)4/h9H,1-8H3;8-9H,1-7H3;1-5H3;5H2,1-4H3. The number of rotatable bonds is 2. The molecule has 0 fully saturated rings. The molecule has 2 aromatic rings. The van der Waals surface area contributed by atoms with Gasteiger partial charge in [-0.15, -0.1) is 0 Å².